The highest BCUT2D eigenvalue weighted by molar-refractivity contribution is 7.89. The Morgan fingerprint density at radius 3 is 2.56 bits per heavy atom. The number of hydrogen-bond donors (Lipinski definition) is 1. The number of hydrogen-bond acceptors (Lipinski definition) is 6. The summed E-state index contributed by atoms with van der Waals surface area (Å²) in [6.07, 6.45) is -0.558. The van der Waals surface area contributed by atoms with Gasteiger partial charge in [-0.15, -0.1) is 0 Å². The van der Waals surface area contributed by atoms with Crippen molar-refractivity contribution < 1.29 is 27.8 Å². The average Bonchev–Trinajstić information content (AvgIpc) is 3.31. The first-order valence-electron chi connectivity index (χ1n) is 14.4. The third-order valence-electron chi connectivity index (χ3n) is 8.41. The molecule has 1 aliphatic heterocycles. The molecule has 1 aromatic heterocycles. The van der Waals surface area contributed by atoms with Gasteiger partial charge in [0.1, 0.15) is 11.4 Å². The number of fused-ring (bicyclic) bond motifs is 5. The Morgan fingerprint density at radius 2 is 1.81 bits per heavy atom. The zero-order valence-electron chi connectivity index (χ0n) is 25.2. The highest BCUT2D eigenvalue weighted by Gasteiger charge is 2.35. The number of aliphatic hydroxyl groups excluding tert-OH is 1. The third kappa shape index (κ3) is 5.80. The van der Waals surface area contributed by atoms with Gasteiger partial charge in [0.05, 0.1) is 37.4 Å². The van der Waals surface area contributed by atoms with Crippen LogP contribution in [-0.4, -0.2) is 79.2 Å². The Balaban J connectivity index is 1.59. The van der Waals surface area contributed by atoms with Crippen LogP contribution in [-0.2, 0) is 28.4 Å². The first-order valence-corrected chi connectivity index (χ1v) is 15.8. The molecule has 2 heterocycles. The second-order valence-corrected chi connectivity index (χ2v) is 13.3. The maximum Gasteiger partial charge on any atom is 0.271 e. The number of nitrogens with zero attached hydrogens (tertiary/aromatic N) is 3. The maximum absolute atomic E-state index is 14.5. The normalized spacial score (nSPS) is 18.7. The van der Waals surface area contributed by atoms with Gasteiger partial charge in [0, 0.05) is 55.6 Å². The van der Waals surface area contributed by atoms with E-state index in [9.17, 15) is 18.3 Å². The fraction of sp³-hybridized carbons (Fsp3) is 0.364. The van der Waals surface area contributed by atoms with E-state index in [0.29, 0.717) is 11.4 Å². The van der Waals surface area contributed by atoms with Crippen LogP contribution in [0.2, 0.25) is 0 Å². The topological polar surface area (TPSA) is 101 Å². The molecule has 0 saturated heterocycles. The number of carbonyl (C=O) groups is 1. The number of likely N-dealkylation sites (N-methyl/N-ethyl adjacent to an activating group) is 1. The zero-order chi connectivity index (χ0) is 30.9. The molecule has 1 aliphatic rings. The van der Waals surface area contributed by atoms with Crippen LogP contribution in [0.25, 0.3) is 22.0 Å². The van der Waals surface area contributed by atoms with Gasteiger partial charge in [-0.3, -0.25) is 4.79 Å². The standard InChI is InChI=1S/C33H39N3O6S/c1-22-18-36(23(2)20-37)33(38)32-31(28-15-8-9-16-29(28)35(32)4)27-14-7-6-11-24(27)21-42-30(22)19-34(3)43(39,40)26-13-10-12-25(17-26)41-5/h6-17,22-23,30,37H,18-21H2,1-5H3/t22-,23-,30+/m0/s1. The lowest BCUT2D eigenvalue weighted by Crippen LogP contribution is -2.48. The van der Waals surface area contributed by atoms with Gasteiger partial charge in [0.25, 0.3) is 5.91 Å². The average molecular weight is 606 g/mol. The quantitative estimate of drug-likeness (QED) is 0.332. The molecule has 228 valence electrons. The Kier molecular flexibility index (Phi) is 8.94. The van der Waals surface area contributed by atoms with Crippen molar-refractivity contribution >= 4 is 26.8 Å². The van der Waals surface area contributed by atoms with E-state index in [1.54, 1.807) is 17.0 Å². The van der Waals surface area contributed by atoms with Gasteiger partial charge in [-0.2, -0.15) is 4.31 Å². The summed E-state index contributed by atoms with van der Waals surface area (Å²) in [5.74, 6) is -0.0240. The number of methoxy groups -OCH3 is 1. The summed E-state index contributed by atoms with van der Waals surface area (Å²) < 4.78 is 42.2. The minimum absolute atomic E-state index is 0.0638. The fourth-order valence-electron chi connectivity index (χ4n) is 5.82. The molecule has 0 radical (unpaired) electrons. The molecular formula is C33H39N3O6S. The van der Waals surface area contributed by atoms with Crippen molar-refractivity contribution in [2.75, 3.05) is 33.9 Å². The van der Waals surface area contributed by atoms with Crippen LogP contribution in [0.15, 0.2) is 77.7 Å². The third-order valence-corrected chi connectivity index (χ3v) is 10.2. The fourth-order valence-corrected chi connectivity index (χ4v) is 7.04. The van der Waals surface area contributed by atoms with Gasteiger partial charge in [-0.05, 0) is 36.2 Å². The first-order chi connectivity index (χ1) is 20.6. The molecule has 3 aromatic carbocycles. The van der Waals surface area contributed by atoms with Crippen LogP contribution in [0.5, 0.6) is 5.75 Å². The SMILES string of the molecule is COc1cccc(S(=O)(=O)N(C)C[C@H]2OCc3ccccc3-c3c(n(C)c4ccccc34)C(=O)N([C@@H](C)CO)C[C@@H]2C)c1. The van der Waals surface area contributed by atoms with Crippen molar-refractivity contribution in [3.05, 3.63) is 84.1 Å². The van der Waals surface area contributed by atoms with Gasteiger partial charge in [-0.25, -0.2) is 8.42 Å². The lowest BCUT2D eigenvalue weighted by Gasteiger charge is -2.35. The second-order valence-electron chi connectivity index (χ2n) is 11.2. The monoisotopic (exact) mass is 605 g/mol. The number of rotatable bonds is 7. The maximum atomic E-state index is 14.5. The summed E-state index contributed by atoms with van der Waals surface area (Å²) in [6.45, 7) is 4.10. The second kappa shape index (κ2) is 12.5. The van der Waals surface area contributed by atoms with Crippen molar-refractivity contribution in [1.29, 1.82) is 0 Å². The highest BCUT2D eigenvalue weighted by atomic mass is 32.2. The van der Waals surface area contributed by atoms with E-state index in [1.165, 1.54) is 30.6 Å². The van der Waals surface area contributed by atoms with Gasteiger partial charge < -0.3 is 24.0 Å². The van der Waals surface area contributed by atoms with E-state index in [-0.39, 0.29) is 43.0 Å². The van der Waals surface area contributed by atoms with E-state index in [2.05, 4.69) is 0 Å². The predicted octanol–water partition coefficient (Wildman–Crippen LogP) is 4.53. The lowest BCUT2D eigenvalue weighted by molar-refractivity contribution is -0.0147. The Labute approximate surface area is 253 Å². The molecule has 43 heavy (non-hydrogen) atoms. The van der Waals surface area contributed by atoms with Crippen LogP contribution in [0.4, 0.5) is 0 Å². The van der Waals surface area contributed by atoms with Crippen LogP contribution < -0.4 is 4.74 Å². The molecule has 9 nitrogen and oxygen atoms in total. The number of aliphatic hydroxyl groups is 1. The first kappa shape index (κ1) is 30.7. The molecule has 3 atom stereocenters. The van der Waals surface area contributed by atoms with E-state index < -0.39 is 22.2 Å². The lowest BCUT2D eigenvalue weighted by atomic mass is 9.96. The van der Waals surface area contributed by atoms with Gasteiger partial charge >= 0.3 is 0 Å². The molecular weight excluding hydrogens is 566 g/mol. The highest BCUT2D eigenvalue weighted by Crippen LogP contribution is 2.38. The summed E-state index contributed by atoms with van der Waals surface area (Å²) in [6, 6.07) is 21.7. The number of para-hydroxylation sites is 1. The molecule has 0 saturated carbocycles. The minimum atomic E-state index is -3.86. The summed E-state index contributed by atoms with van der Waals surface area (Å²) in [7, 11) is 1.06. The Hall–Kier alpha value is -3.70. The molecule has 0 unspecified atom stereocenters. The van der Waals surface area contributed by atoms with E-state index >= 15 is 0 Å². The Morgan fingerprint density at radius 1 is 1.09 bits per heavy atom. The number of benzene rings is 3. The number of carbonyl (C=O) groups excluding carboxylic acids is 1. The molecule has 1 N–H and O–H groups in total. The van der Waals surface area contributed by atoms with Crippen LogP contribution in [0, 0.1) is 5.92 Å². The number of aryl methyl sites for hydroxylation is 1. The molecule has 4 aromatic rings. The minimum Gasteiger partial charge on any atom is -0.497 e. The number of sulfonamides is 1. The smallest absolute Gasteiger partial charge is 0.271 e. The van der Waals surface area contributed by atoms with Crippen molar-refractivity contribution in [2.24, 2.45) is 13.0 Å². The van der Waals surface area contributed by atoms with Crippen molar-refractivity contribution in [2.45, 2.75) is 37.5 Å². The molecule has 0 aliphatic carbocycles. The summed E-state index contributed by atoms with van der Waals surface area (Å²) in [4.78, 5) is 16.3. The van der Waals surface area contributed by atoms with E-state index in [0.717, 1.165) is 27.6 Å². The van der Waals surface area contributed by atoms with E-state index in [1.807, 2.05) is 74.0 Å². The molecule has 5 rings (SSSR count). The summed E-state index contributed by atoms with van der Waals surface area (Å²) in [5, 5.41) is 11.2. The van der Waals surface area contributed by atoms with Crippen molar-refractivity contribution in [3.63, 3.8) is 0 Å². The molecule has 1 amide bonds. The largest absolute Gasteiger partial charge is 0.497 e. The number of amides is 1. The van der Waals surface area contributed by atoms with E-state index in [4.69, 9.17) is 9.47 Å². The van der Waals surface area contributed by atoms with Crippen molar-refractivity contribution in [1.82, 2.24) is 13.8 Å². The summed E-state index contributed by atoms with van der Waals surface area (Å²) in [5.41, 5.74) is 4.07. The van der Waals surface area contributed by atoms with Gasteiger partial charge in [-0.1, -0.05) is 55.5 Å². The Bertz CT molecular complexity index is 1730. The van der Waals surface area contributed by atoms with Crippen molar-refractivity contribution in [3.8, 4) is 16.9 Å². The summed E-state index contributed by atoms with van der Waals surface area (Å²) >= 11 is 0. The molecule has 0 spiro atoms. The molecule has 0 bridgehead atoms. The van der Waals surface area contributed by atoms with Crippen LogP contribution >= 0.6 is 0 Å². The predicted molar refractivity (Wildman–Crippen MR) is 166 cm³/mol. The number of ether oxygens (including phenoxy) is 2. The molecule has 0 fully saturated rings. The van der Waals surface area contributed by atoms with Gasteiger partial charge in [0.2, 0.25) is 10.0 Å². The zero-order valence-corrected chi connectivity index (χ0v) is 26.0. The van der Waals surface area contributed by atoms with Crippen LogP contribution in [0.3, 0.4) is 0 Å². The van der Waals surface area contributed by atoms with Crippen LogP contribution in [0.1, 0.15) is 29.9 Å². The number of aromatic nitrogens is 1. The van der Waals surface area contributed by atoms with Gasteiger partial charge in [0.15, 0.2) is 0 Å². The molecule has 10 heteroatoms.